The number of halogens is 1. The van der Waals surface area contributed by atoms with Crippen molar-refractivity contribution in [3.05, 3.63) is 29.6 Å². The maximum Gasteiger partial charge on any atom is 0.343 e. The molecule has 1 N–H and O–H groups in total. The molecule has 4 rings (SSSR count). The number of fused-ring (bicyclic) bond motifs is 1. The van der Waals surface area contributed by atoms with Gasteiger partial charge in [0.25, 0.3) is 0 Å². The van der Waals surface area contributed by atoms with Crippen LogP contribution in [-0.4, -0.2) is 36.4 Å². The van der Waals surface area contributed by atoms with Crippen LogP contribution < -0.4 is 9.64 Å². The number of carboxylic acid groups (broad SMARTS) is 1. The first-order valence-corrected chi connectivity index (χ1v) is 9.40. The molecular formula is C20H23FN2O4. The minimum atomic E-state index is -1.10. The van der Waals surface area contributed by atoms with Crippen molar-refractivity contribution in [3.8, 4) is 17.1 Å². The number of aromatic nitrogens is 1. The molecule has 27 heavy (non-hydrogen) atoms. The molecular weight excluding hydrogens is 351 g/mol. The monoisotopic (exact) mass is 374 g/mol. The van der Waals surface area contributed by atoms with Gasteiger partial charge in [0.1, 0.15) is 0 Å². The summed E-state index contributed by atoms with van der Waals surface area (Å²) in [5.41, 5.74) is 0.454. The molecule has 0 spiro atoms. The Balaban J connectivity index is 1.68. The van der Waals surface area contributed by atoms with E-state index in [9.17, 15) is 14.3 Å². The van der Waals surface area contributed by atoms with Crippen molar-refractivity contribution in [1.82, 2.24) is 5.16 Å². The Morgan fingerprint density at radius 2 is 2.07 bits per heavy atom. The molecule has 0 amide bonds. The average Bonchev–Trinajstić information content (AvgIpc) is 3.13. The van der Waals surface area contributed by atoms with Crippen LogP contribution in [0.5, 0.6) is 5.75 Å². The van der Waals surface area contributed by atoms with Crippen molar-refractivity contribution >= 4 is 11.8 Å². The minimum absolute atomic E-state index is 0.0259. The van der Waals surface area contributed by atoms with Gasteiger partial charge in [0, 0.05) is 18.7 Å². The summed E-state index contributed by atoms with van der Waals surface area (Å²) in [5.74, 6) is 0.222. The van der Waals surface area contributed by atoms with Gasteiger partial charge in [-0.3, -0.25) is 0 Å². The van der Waals surface area contributed by atoms with Crippen LogP contribution in [0.3, 0.4) is 0 Å². The number of rotatable bonds is 4. The molecule has 6 nitrogen and oxygen atoms in total. The van der Waals surface area contributed by atoms with Crippen LogP contribution in [0.25, 0.3) is 11.3 Å². The number of piperidine rings is 1. The summed E-state index contributed by atoms with van der Waals surface area (Å²) in [6.07, 6.45) is 6.03. The van der Waals surface area contributed by atoms with Crippen LogP contribution in [-0.2, 0) is 0 Å². The molecule has 2 atom stereocenters. The third-order valence-electron chi connectivity index (χ3n) is 5.89. The van der Waals surface area contributed by atoms with Crippen LogP contribution in [0.1, 0.15) is 42.5 Å². The van der Waals surface area contributed by atoms with Crippen LogP contribution in [0, 0.1) is 17.7 Å². The molecule has 1 aromatic carbocycles. The lowest BCUT2D eigenvalue weighted by Gasteiger charge is -2.41. The number of ether oxygens (including phenoxy) is 1. The van der Waals surface area contributed by atoms with Gasteiger partial charge in [0.15, 0.2) is 28.7 Å². The topological polar surface area (TPSA) is 75.8 Å². The van der Waals surface area contributed by atoms with Gasteiger partial charge in [0.05, 0.1) is 7.11 Å². The lowest BCUT2D eigenvalue weighted by molar-refractivity contribution is 0.0697. The maximum absolute atomic E-state index is 13.7. The van der Waals surface area contributed by atoms with Crippen molar-refractivity contribution in [2.24, 2.45) is 11.8 Å². The Bertz CT molecular complexity index is 851. The van der Waals surface area contributed by atoms with E-state index in [0.29, 0.717) is 17.3 Å². The molecule has 7 heteroatoms. The minimum Gasteiger partial charge on any atom is -0.494 e. The van der Waals surface area contributed by atoms with E-state index < -0.39 is 11.8 Å². The molecule has 1 aromatic heterocycles. The molecule has 0 bridgehead atoms. The number of benzene rings is 1. The summed E-state index contributed by atoms with van der Waals surface area (Å²) in [4.78, 5) is 14.0. The lowest BCUT2D eigenvalue weighted by atomic mass is 9.75. The number of carbonyl (C=O) groups is 1. The van der Waals surface area contributed by atoms with Crippen molar-refractivity contribution in [1.29, 1.82) is 0 Å². The zero-order chi connectivity index (χ0) is 19.0. The lowest BCUT2D eigenvalue weighted by Crippen LogP contribution is -2.42. The Hall–Kier alpha value is -2.57. The number of hydrogen-bond acceptors (Lipinski definition) is 5. The largest absolute Gasteiger partial charge is 0.494 e. The fourth-order valence-corrected chi connectivity index (χ4v) is 4.48. The van der Waals surface area contributed by atoms with E-state index in [-0.39, 0.29) is 17.1 Å². The number of methoxy groups -OCH3 is 1. The SMILES string of the molecule is COc1cc(-c2onc(N3CC[C@@H]4CCCC[C@H]4C3)c2C(=O)O)ccc1F. The van der Waals surface area contributed by atoms with E-state index in [1.807, 2.05) is 4.90 Å². The zero-order valence-corrected chi connectivity index (χ0v) is 15.3. The predicted molar refractivity (Wildman–Crippen MR) is 97.7 cm³/mol. The van der Waals surface area contributed by atoms with Crippen LogP contribution in [0.2, 0.25) is 0 Å². The van der Waals surface area contributed by atoms with Crippen LogP contribution in [0.15, 0.2) is 22.7 Å². The zero-order valence-electron chi connectivity index (χ0n) is 15.3. The van der Waals surface area contributed by atoms with E-state index in [2.05, 4.69) is 5.16 Å². The van der Waals surface area contributed by atoms with Gasteiger partial charge in [-0.25, -0.2) is 9.18 Å². The number of hydrogen-bond donors (Lipinski definition) is 1. The summed E-state index contributed by atoms with van der Waals surface area (Å²) in [6.45, 7) is 1.59. The standard InChI is InChI=1S/C20H23FN2O4/c1-26-16-10-13(6-7-15(16)21)18-17(20(24)25)19(22-27-18)23-9-8-12-4-2-3-5-14(12)11-23/h6-7,10,12,14H,2-5,8-9,11H2,1H3,(H,24,25)/t12-,14-/m0/s1. The summed E-state index contributed by atoms with van der Waals surface area (Å²) in [5, 5.41) is 13.9. The van der Waals surface area contributed by atoms with Gasteiger partial charge in [-0.15, -0.1) is 0 Å². The van der Waals surface area contributed by atoms with Gasteiger partial charge in [-0.05, 0) is 42.9 Å². The van der Waals surface area contributed by atoms with Crippen LogP contribution >= 0.6 is 0 Å². The molecule has 1 saturated heterocycles. The molecule has 1 saturated carbocycles. The summed E-state index contributed by atoms with van der Waals surface area (Å²) in [6, 6.07) is 4.14. The fraction of sp³-hybridized carbons (Fsp3) is 0.500. The molecule has 2 fully saturated rings. The first kappa shape index (κ1) is 17.8. The molecule has 1 aliphatic heterocycles. The summed E-state index contributed by atoms with van der Waals surface area (Å²) >= 11 is 0. The quantitative estimate of drug-likeness (QED) is 0.864. The number of anilines is 1. The third-order valence-corrected chi connectivity index (χ3v) is 5.89. The number of carboxylic acids is 1. The Morgan fingerprint density at radius 3 is 2.81 bits per heavy atom. The normalized spacial score (nSPS) is 22.4. The molecule has 2 heterocycles. The second-order valence-electron chi connectivity index (χ2n) is 7.40. The van der Waals surface area contributed by atoms with Gasteiger partial charge < -0.3 is 19.3 Å². The van der Waals surface area contributed by atoms with E-state index >= 15 is 0 Å². The second-order valence-corrected chi connectivity index (χ2v) is 7.40. The first-order chi connectivity index (χ1) is 13.1. The molecule has 2 aromatic rings. The Labute approximate surface area is 156 Å². The van der Waals surface area contributed by atoms with Crippen molar-refractivity contribution < 1.29 is 23.6 Å². The molecule has 1 aliphatic carbocycles. The Morgan fingerprint density at radius 1 is 1.30 bits per heavy atom. The predicted octanol–water partition coefficient (Wildman–Crippen LogP) is 4.20. The number of nitrogens with zero attached hydrogens (tertiary/aromatic N) is 2. The van der Waals surface area contributed by atoms with Crippen molar-refractivity contribution in [3.63, 3.8) is 0 Å². The molecule has 144 valence electrons. The molecule has 0 unspecified atom stereocenters. The van der Waals surface area contributed by atoms with Gasteiger partial charge >= 0.3 is 5.97 Å². The smallest absolute Gasteiger partial charge is 0.343 e. The third kappa shape index (κ3) is 3.26. The van der Waals surface area contributed by atoms with Gasteiger partial charge in [-0.2, -0.15) is 0 Å². The van der Waals surface area contributed by atoms with Gasteiger partial charge in [-0.1, -0.05) is 24.4 Å². The van der Waals surface area contributed by atoms with Crippen LogP contribution in [0.4, 0.5) is 10.2 Å². The van der Waals surface area contributed by atoms with E-state index in [0.717, 1.165) is 25.4 Å². The van der Waals surface area contributed by atoms with Crippen molar-refractivity contribution in [2.75, 3.05) is 25.1 Å². The maximum atomic E-state index is 13.7. The second kappa shape index (κ2) is 7.21. The average molecular weight is 374 g/mol. The van der Waals surface area contributed by atoms with E-state index in [1.165, 1.54) is 51.0 Å². The summed E-state index contributed by atoms with van der Waals surface area (Å²) < 4.78 is 24.1. The summed E-state index contributed by atoms with van der Waals surface area (Å²) in [7, 11) is 1.36. The number of aromatic carboxylic acids is 1. The molecule has 2 aliphatic rings. The van der Waals surface area contributed by atoms with E-state index in [4.69, 9.17) is 9.26 Å². The van der Waals surface area contributed by atoms with Gasteiger partial charge in [0.2, 0.25) is 0 Å². The van der Waals surface area contributed by atoms with Crippen molar-refractivity contribution in [2.45, 2.75) is 32.1 Å². The fourth-order valence-electron chi connectivity index (χ4n) is 4.48. The highest BCUT2D eigenvalue weighted by molar-refractivity contribution is 5.99. The van der Waals surface area contributed by atoms with E-state index in [1.54, 1.807) is 0 Å². The highest BCUT2D eigenvalue weighted by Gasteiger charge is 2.35. The Kier molecular flexibility index (Phi) is 4.76. The highest BCUT2D eigenvalue weighted by Crippen LogP contribution is 2.40. The highest BCUT2D eigenvalue weighted by atomic mass is 19.1. The first-order valence-electron chi connectivity index (χ1n) is 9.40. The molecule has 0 radical (unpaired) electrons.